The van der Waals surface area contributed by atoms with Gasteiger partial charge in [-0.2, -0.15) is 0 Å². The Morgan fingerprint density at radius 3 is 2.62 bits per heavy atom. The number of rotatable bonds is 3. The molecule has 1 aromatic carbocycles. The van der Waals surface area contributed by atoms with Crippen LogP contribution in [0.5, 0.6) is 0 Å². The van der Waals surface area contributed by atoms with Gasteiger partial charge in [0.15, 0.2) is 0 Å². The van der Waals surface area contributed by atoms with Crippen LogP contribution in [-0.2, 0) is 7.05 Å². The van der Waals surface area contributed by atoms with Crippen LogP contribution in [0.1, 0.15) is 16.1 Å². The smallest absolute Gasteiger partial charge is 0.257 e. The topological polar surface area (TPSA) is 59.8 Å². The predicted octanol–water partition coefficient (Wildman–Crippen LogP) is 4.30. The molecule has 0 saturated heterocycles. The summed E-state index contributed by atoms with van der Waals surface area (Å²) in [5, 5.41) is 3.45. The number of benzene rings is 1. The third-order valence-electron chi connectivity index (χ3n) is 3.68. The molecule has 0 unspecified atom stereocenters. The van der Waals surface area contributed by atoms with Crippen molar-refractivity contribution in [1.82, 2.24) is 14.5 Å². The van der Waals surface area contributed by atoms with Gasteiger partial charge in [-0.1, -0.05) is 11.6 Å². The fourth-order valence-electron chi connectivity index (χ4n) is 2.23. The summed E-state index contributed by atoms with van der Waals surface area (Å²) in [6.07, 6.45) is 3.34. The van der Waals surface area contributed by atoms with Gasteiger partial charge >= 0.3 is 0 Å². The number of pyridine rings is 1. The van der Waals surface area contributed by atoms with Crippen LogP contribution >= 0.6 is 34.2 Å². The molecule has 7 heteroatoms. The molecule has 0 spiro atoms. The van der Waals surface area contributed by atoms with E-state index in [1.807, 2.05) is 24.6 Å². The Morgan fingerprint density at radius 1 is 1.21 bits per heavy atom. The Morgan fingerprint density at radius 2 is 2.00 bits per heavy atom. The number of imidazole rings is 1. The number of hydrogen-bond acceptors (Lipinski definition) is 3. The Labute approximate surface area is 158 Å². The molecule has 0 atom stereocenters. The van der Waals surface area contributed by atoms with E-state index in [-0.39, 0.29) is 5.91 Å². The first-order chi connectivity index (χ1) is 11.5. The van der Waals surface area contributed by atoms with Crippen molar-refractivity contribution in [2.45, 2.75) is 6.92 Å². The second kappa shape index (κ2) is 6.90. The first-order valence-electron chi connectivity index (χ1n) is 7.17. The lowest BCUT2D eigenvalue weighted by atomic mass is 10.1. The van der Waals surface area contributed by atoms with Crippen molar-refractivity contribution in [1.29, 1.82) is 0 Å². The van der Waals surface area contributed by atoms with Crippen LogP contribution in [0.4, 0.5) is 5.69 Å². The number of aryl methyl sites for hydroxylation is 1. The highest BCUT2D eigenvalue weighted by Crippen LogP contribution is 2.30. The van der Waals surface area contributed by atoms with Crippen molar-refractivity contribution in [3.05, 3.63) is 62.7 Å². The van der Waals surface area contributed by atoms with Crippen molar-refractivity contribution in [2.75, 3.05) is 5.32 Å². The molecule has 0 radical (unpaired) electrons. The van der Waals surface area contributed by atoms with Gasteiger partial charge in [-0.25, -0.2) is 9.97 Å². The predicted molar refractivity (Wildman–Crippen MR) is 103 cm³/mol. The van der Waals surface area contributed by atoms with Gasteiger partial charge in [0.25, 0.3) is 5.91 Å². The zero-order valence-corrected chi connectivity index (χ0v) is 16.0. The summed E-state index contributed by atoms with van der Waals surface area (Å²) >= 11 is 8.40. The second-order valence-corrected chi connectivity index (χ2v) is 6.81. The van der Waals surface area contributed by atoms with Gasteiger partial charge in [0.05, 0.1) is 10.6 Å². The number of nitrogens with zero attached hydrogens (tertiary/aromatic N) is 3. The maximum Gasteiger partial charge on any atom is 0.257 e. The minimum Gasteiger partial charge on any atom is -0.331 e. The first-order valence-corrected chi connectivity index (χ1v) is 8.62. The third-order valence-corrected chi connectivity index (χ3v) is 4.64. The summed E-state index contributed by atoms with van der Waals surface area (Å²) < 4.78 is 2.79. The second-order valence-electron chi connectivity index (χ2n) is 5.30. The Balaban J connectivity index is 1.90. The molecule has 0 saturated carbocycles. The minimum atomic E-state index is -0.219. The number of carbonyl (C=O) groups excluding carboxylic acids is 1. The molecule has 0 bridgehead atoms. The molecular formula is C17H14ClIN4O. The van der Waals surface area contributed by atoms with Gasteiger partial charge in [-0.15, -0.1) is 0 Å². The van der Waals surface area contributed by atoms with Crippen LogP contribution in [0.3, 0.4) is 0 Å². The molecule has 0 fully saturated rings. The fraction of sp³-hybridized carbons (Fsp3) is 0.118. The van der Waals surface area contributed by atoms with Crippen LogP contribution in [0.25, 0.3) is 11.4 Å². The molecule has 24 heavy (non-hydrogen) atoms. The van der Waals surface area contributed by atoms with E-state index in [1.165, 1.54) is 0 Å². The fourth-order valence-corrected chi connectivity index (χ4v) is 2.75. The highest BCUT2D eigenvalue weighted by Gasteiger charge is 2.13. The van der Waals surface area contributed by atoms with E-state index < -0.39 is 0 Å². The monoisotopic (exact) mass is 452 g/mol. The molecule has 1 amide bonds. The molecule has 5 nitrogen and oxygen atoms in total. The normalized spacial score (nSPS) is 10.7. The summed E-state index contributed by atoms with van der Waals surface area (Å²) in [6.45, 7) is 1.97. The SMILES string of the molecule is Cc1cnc(-c2cc(NC(=O)c3ccc(I)nc3)ccc2Cl)n1C. The Bertz CT molecular complexity index is 905. The van der Waals surface area contributed by atoms with E-state index in [0.29, 0.717) is 16.3 Å². The molecular weight excluding hydrogens is 439 g/mol. The third kappa shape index (κ3) is 3.44. The van der Waals surface area contributed by atoms with Gasteiger partial charge in [0.1, 0.15) is 9.53 Å². The molecule has 0 aliphatic carbocycles. The van der Waals surface area contributed by atoms with E-state index in [0.717, 1.165) is 20.8 Å². The molecule has 3 aromatic rings. The summed E-state index contributed by atoms with van der Waals surface area (Å²) in [7, 11) is 1.93. The first kappa shape index (κ1) is 16.9. The van der Waals surface area contributed by atoms with Crippen molar-refractivity contribution in [2.24, 2.45) is 7.05 Å². The van der Waals surface area contributed by atoms with Gasteiger partial charge in [-0.3, -0.25) is 4.79 Å². The maximum absolute atomic E-state index is 12.3. The summed E-state index contributed by atoms with van der Waals surface area (Å²) in [5.41, 5.74) is 2.95. The number of aromatic nitrogens is 3. The highest BCUT2D eigenvalue weighted by atomic mass is 127. The summed E-state index contributed by atoms with van der Waals surface area (Å²) in [5.74, 6) is 0.535. The summed E-state index contributed by atoms with van der Waals surface area (Å²) in [6, 6.07) is 8.87. The molecule has 122 valence electrons. The molecule has 3 rings (SSSR count). The highest BCUT2D eigenvalue weighted by molar-refractivity contribution is 14.1. The molecule has 2 aromatic heterocycles. The average molecular weight is 453 g/mol. The van der Waals surface area contributed by atoms with E-state index in [4.69, 9.17) is 11.6 Å². The molecule has 0 aliphatic rings. The molecule has 1 N–H and O–H groups in total. The summed E-state index contributed by atoms with van der Waals surface area (Å²) in [4.78, 5) is 20.8. The zero-order valence-electron chi connectivity index (χ0n) is 13.0. The van der Waals surface area contributed by atoms with Crippen molar-refractivity contribution < 1.29 is 4.79 Å². The quantitative estimate of drug-likeness (QED) is 0.476. The van der Waals surface area contributed by atoms with Gasteiger partial charge in [0, 0.05) is 36.4 Å². The van der Waals surface area contributed by atoms with Gasteiger partial charge in [-0.05, 0) is 59.8 Å². The average Bonchev–Trinajstić information content (AvgIpc) is 2.89. The number of amides is 1. The largest absolute Gasteiger partial charge is 0.331 e. The van der Waals surface area contributed by atoms with Crippen LogP contribution < -0.4 is 5.32 Å². The molecule has 2 heterocycles. The van der Waals surface area contributed by atoms with E-state index in [1.54, 1.807) is 36.7 Å². The van der Waals surface area contributed by atoms with Crippen molar-refractivity contribution in [3.63, 3.8) is 0 Å². The lowest BCUT2D eigenvalue weighted by molar-refractivity contribution is 0.102. The van der Waals surface area contributed by atoms with Crippen molar-refractivity contribution >= 4 is 45.8 Å². The van der Waals surface area contributed by atoms with Gasteiger partial charge < -0.3 is 9.88 Å². The Kier molecular flexibility index (Phi) is 4.86. The zero-order chi connectivity index (χ0) is 17.3. The standard InChI is InChI=1S/C17H14ClIN4O/c1-10-8-21-16(23(10)2)13-7-12(4-5-14(13)18)22-17(24)11-3-6-15(19)20-9-11/h3-9H,1-2H3,(H,22,24). The number of nitrogens with one attached hydrogen (secondary N) is 1. The van der Waals surface area contributed by atoms with Crippen LogP contribution in [0.15, 0.2) is 42.7 Å². The van der Waals surface area contributed by atoms with Crippen LogP contribution in [-0.4, -0.2) is 20.4 Å². The van der Waals surface area contributed by atoms with Crippen LogP contribution in [0.2, 0.25) is 5.02 Å². The maximum atomic E-state index is 12.3. The van der Waals surface area contributed by atoms with E-state index >= 15 is 0 Å². The van der Waals surface area contributed by atoms with E-state index in [9.17, 15) is 4.79 Å². The number of hydrogen-bond donors (Lipinski definition) is 1. The lowest BCUT2D eigenvalue weighted by Crippen LogP contribution is -2.12. The minimum absolute atomic E-state index is 0.219. The Hall–Kier alpha value is -1.93. The molecule has 0 aliphatic heterocycles. The lowest BCUT2D eigenvalue weighted by Gasteiger charge is -2.10. The van der Waals surface area contributed by atoms with Crippen molar-refractivity contribution in [3.8, 4) is 11.4 Å². The van der Waals surface area contributed by atoms with Crippen LogP contribution in [0, 0.1) is 10.6 Å². The number of halogens is 2. The number of carbonyl (C=O) groups is 1. The van der Waals surface area contributed by atoms with E-state index in [2.05, 4.69) is 37.9 Å². The van der Waals surface area contributed by atoms with Gasteiger partial charge in [0.2, 0.25) is 0 Å². The number of anilines is 1.